The Hall–Kier alpha value is -1.84. The van der Waals surface area contributed by atoms with Crippen molar-refractivity contribution in [3.05, 3.63) is 70.2 Å². The molecule has 2 aromatic rings. The Balaban J connectivity index is 1.74. The molecule has 1 N–H and O–H groups in total. The smallest absolute Gasteiger partial charge is 0.239 e. The van der Waals surface area contributed by atoms with Crippen LogP contribution in [-0.2, 0) is 17.8 Å². The third-order valence-electron chi connectivity index (χ3n) is 4.40. The van der Waals surface area contributed by atoms with Crippen LogP contribution in [0.3, 0.4) is 0 Å². The lowest BCUT2D eigenvalue weighted by atomic mass is 9.94. The van der Waals surface area contributed by atoms with Gasteiger partial charge in [0.2, 0.25) is 5.91 Å². The maximum atomic E-state index is 12.3. The molecular formula is C17H15ClN2O. The highest BCUT2D eigenvalue weighted by molar-refractivity contribution is 6.31. The zero-order valence-corrected chi connectivity index (χ0v) is 12.2. The molecule has 0 bridgehead atoms. The number of benzene rings is 2. The normalized spacial score (nSPS) is 24.3. The summed E-state index contributed by atoms with van der Waals surface area (Å²) in [7, 11) is 0. The molecule has 2 aromatic carbocycles. The number of fused-ring (bicyclic) bond motifs is 2. The lowest BCUT2D eigenvalue weighted by Crippen LogP contribution is -2.39. The predicted molar refractivity (Wildman–Crippen MR) is 81.8 cm³/mol. The molecule has 2 aliphatic heterocycles. The fraction of sp³-hybridized carbons (Fsp3) is 0.235. The summed E-state index contributed by atoms with van der Waals surface area (Å²) in [5.74, 6) is 0.0921. The largest absolute Gasteiger partial charge is 0.335 e. The fourth-order valence-corrected chi connectivity index (χ4v) is 3.56. The highest BCUT2D eigenvalue weighted by atomic mass is 35.5. The number of hydrogen-bond donors (Lipinski definition) is 1. The first kappa shape index (κ1) is 12.9. The van der Waals surface area contributed by atoms with E-state index in [4.69, 9.17) is 11.6 Å². The van der Waals surface area contributed by atoms with Gasteiger partial charge in [-0.15, -0.1) is 0 Å². The molecule has 0 spiro atoms. The van der Waals surface area contributed by atoms with Crippen molar-refractivity contribution in [3.8, 4) is 0 Å². The van der Waals surface area contributed by atoms with Gasteiger partial charge < -0.3 is 5.32 Å². The second-order valence-electron chi connectivity index (χ2n) is 5.59. The number of nitrogens with one attached hydrogen (secondary N) is 1. The molecule has 4 heteroatoms. The number of carbonyl (C=O) groups is 1. The first-order valence-corrected chi connectivity index (χ1v) is 7.49. The molecule has 2 atom stereocenters. The molecule has 106 valence electrons. The number of nitrogens with zero attached hydrogens (tertiary/aromatic N) is 1. The highest BCUT2D eigenvalue weighted by Gasteiger charge is 2.43. The summed E-state index contributed by atoms with van der Waals surface area (Å²) < 4.78 is 0. The molecule has 4 rings (SSSR count). The van der Waals surface area contributed by atoms with Gasteiger partial charge in [-0.1, -0.05) is 54.1 Å². The van der Waals surface area contributed by atoms with Gasteiger partial charge in [0, 0.05) is 17.1 Å². The number of carbonyl (C=O) groups excluding carboxylic acids is 1. The van der Waals surface area contributed by atoms with E-state index >= 15 is 0 Å². The minimum absolute atomic E-state index is 0.0921. The van der Waals surface area contributed by atoms with Crippen LogP contribution in [0.1, 0.15) is 22.9 Å². The number of halogens is 1. The molecule has 1 amide bonds. The van der Waals surface area contributed by atoms with Gasteiger partial charge in [0.1, 0.15) is 6.17 Å². The van der Waals surface area contributed by atoms with Crippen molar-refractivity contribution in [1.82, 2.24) is 10.2 Å². The zero-order chi connectivity index (χ0) is 14.4. The Kier molecular flexibility index (Phi) is 2.98. The van der Waals surface area contributed by atoms with E-state index in [0.717, 1.165) is 18.5 Å². The Labute approximate surface area is 128 Å². The van der Waals surface area contributed by atoms with Crippen molar-refractivity contribution in [1.29, 1.82) is 0 Å². The SMILES string of the molecule is O=C1NC(c2ccccc2Cl)N2Cc3ccccc3CC12. The molecule has 2 aliphatic rings. The van der Waals surface area contributed by atoms with Crippen molar-refractivity contribution in [3.63, 3.8) is 0 Å². The van der Waals surface area contributed by atoms with Gasteiger partial charge in [0.15, 0.2) is 0 Å². The second-order valence-corrected chi connectivity index (χ2v) is 6.00. The monoisotopic (exact) mass is 298 g/mol. The summed E-state index contributed by atoms with van der Waals surface area (Å²) >= 11 is 6.31. The van der Waals surface area contributed by atoms with Crippen LogP contribution in [0.2, 0.25) is 5.02 Å². The van der Waals surface area contributed by atoms with Crippen LogP contribution >= 0.6 is 11.6 Å². The Morgan fingerprint density at radius 2 is 1.76 bits per heavy atom. The molecular weight excluding hydrogens is 284 g/mol. The molecule has 3 nitrogen and oxygen atoms in total. The summed E-state index contributed by atoms with van der Waals surface area (Å²) in [6.45, 7) is 0.773. The van der Waals surface area contributed by atoms with E-state index in [1.807, 2.05) is 30.3 Å². The van der Waals surface area contributed by atoms with Gasteiger partial charge in [-0.3, -0.25) is 9.69 Å². The molecule has 2 unspecified atom stereocenters. The molecule has 1 fully saturated rings. The summed E-state index contributed by atoms with van der Waals surface area (Å²) in [6.07, 6.45) is 0.632. The van der Waals surface area contributed by atoms with Crippen LogP contribution in [0.15, 0.2) is 48.5 Å². The van der Waals surface area contributed by atoms with Gasteiger partial charge in [0.05, 0.1) is 6.04 Å². The highest BCUT2D eigenvalue weighted by Crippen LogP contribution is 2.36. The van der Waals surface area contributed by atoms with Crippen LogP contribution in [0.4, 0.5) is 0 Å². The van der Waals surface area contributed by atoms with Crippen LogP contribution in [-0.4, -0.2) is 16.8 Å². The predicted octanol–water partition coefficient (Wildman–Crippen LogP) is 2.90. The van der Waals surface area contributed by atoms with E-state index in [1.165, 1.54) is 11.1 Å². The Bertz CT molecular complexity index is 715. The fourth-order valence-electron chi connectivity index (χ4n) is 3.32. The molecule has 1 saturated heterocycles. The molecule has 0 radical (unpaired) electrons. The minimum Gasteiger partial charge on any atom is -0.335 e. The standard InChI is InChI=1S/C17H15ClN2O/c18-14-8-4-3-7-13(14)16-19-17(21)15-9-11-5-1-2-6-12(11)10-20(15)16/h1-8,15-16H,9-10H2,(H,19,21). The van der Waals surface area contributed by atoms with E-state index in [9.17, 15) is 4.79 Å². The average Bonchev–Trinajstić information content (AvgIpc) is 2.82. The van der Waals surface area contributed by atoms with Gasteiger partial charge in [-0.2, -0.15) is 0 Å². The average molecular weight is 299 g/mol. The van der Waals surface area contributed by atoms with Gasteiger partial charge in [-0.05, 0) is 23.6 Å². The topological polar surface area (TPSA) is 32.3 Å². The third-order valence-corrected chi connectivity index (χ3v) is 4.74. The van der Waals surface area contributed by atoms with E-state index in [2.05, 4.69) is 28.4 Å². The maximum absolute atomic E-state index is 12.3. The summed E-state index contributed by atoms with van der Waals surface area (Å²) in [4.78, 5) is 14.5. The minimum atomic E-state index is -0.135. The van der Waals surface area contributed by atoms with Crippen LogP contribution in [0, 0.1) is 0 Å². The van der Waals surface area contributed by atoms with Crippen molar-refractivity contribution in [2.45, 2.75) is 25.2 Å². The van der Waals surface area contributed by atoms with Crippen molar-refractivity contribution in [2.24, 2.45) is 0 Å². The van der Waals surface area contributed by atoms with E-state index in [0.29, 0.717) is 5.02 Å². The summed E-state index contributed by atoms with van der Waals surface area (Å²) in [5.41, 5.74) is 3.53. The van der Waals surface area contributed by atoms with Crippen molar-refractivity contribution in [2.75, 3.05) is 0 Å². The van der Waals surface area contributed by atoms with Gasteiger partial charge >= 0.3 is 0 Å². The Morgan fingerprint density at radius 1 is 1.05 bits per heavy atom. The molecule has 0 aromatic heterocycles. The first-order chi connectivity index (χ1) is 10.2. The van der Waals surface area contributed by atoms with Gasteiger partial charge in [0.25, 0.3) is 0 Å². The molecule has 2 heterocycles. The number of rotatable bonds is 1. The lowest BCUT2D eigenvalue weighted by Gasteiger charge is -2.33. The Morgan fingerprint density at radius 3 is 2.57 bits per heavy atom. The van der Waals surface area contributed by atoms with E-state index < -0.39 is 0 Å². The van der Waals surface area contributed by atoms with Crippen molar-refractivity contribution < 1.29 is 4.79 Å². The second kappa shape index (κ2) is 4.86. The lowest BCUT2D eigenvalue weighted by molar-refractivity contribution is -0.121. The first-order valence-electron chi connectivity index (χ1n) is 7.11. The molecule has 0 aliphatic carbocycles. The molecule has 0 saturated carbocycles. The summed E-state index contributed by atoms with van der Waals surface area (Å²) in [5, 5.41) is 3.79. The zero-order valence-electron chi connectivity index (χ0n) is 11.4. The quantitative estimate of drug-likeness (QED) is 0.878. The summed E-state index contributed by atoms with van der Waals surface area (Å²) in [6, 6.07) is 16.0. The number of hydrogen-bond acceptors (Lipinski definition) is 2. The molecule has 21 heavy (non-hydrogen) atoms. The maximum Gasteiger partial charge on any atom is 0.239 e. The van der Waals surface area contributed by atoms with Crippen LogP contribution in [0.5, 0.6) is 0 Å². The van der Waals surface area contributed by atoms with E-state index in [-0.39, 0.29) is 18.1 Å². The number of amides is 1. The van der Waals surface area contributed by atoms with E-state index in [1.54, 1.807) is 0 Å². The van der Waals surface area contributed by atoms with Crippen molar-refractivity contribution >= 4 is 17.5 Å². The van der Waals surface area contributed by atoms with Gasteiger partial charge in [-0.25, -0.2) is 0 Å². The van der Waals surface area contributed by atoms with Crippen LogP contribution in [0.25, 0.3) is 0 Å². The van der Waals surface area contributed by atoms with Crippen LogP contribution < -0.4 is 5.32 Å². The third kappa shape index (κ3) is 2.04.